The van der Waals surface area contributed by atoms with E-state index in [1.54, 1.807) is 18.2 Å². The highest BCUT2D eigenvalue weighted by molar-refractivity contribution is 6.11. The number of nitriles is 3. The molecule has 0 aliphatic rings. The van der Waals surface area contributed by atoms with E-state index >= 15 is 0 Å². The third-order valence-corrected chi connectivity index (χ3v) is 10.1. The van der Waals surface area contributed by atoms with Gasteiger partial charge in [0.2, 0.25) is 0 Å². The molecule has 9 aromatic rings. The average molecular weight is 704 g/mol. The Morgan fingerprint density at radius 2 is 0.963 bits per heavy atom. The topological polar surface area (TPSA) is 81.2 Å². The molecule has 8 heteroatoms. The quantitative estimate of drug-likeness (QED) is 0.183. The zero-order chi connectivity index (χ0) is 37.1. The smallest absolute Gasteiger partial charge is 0.309 e. The van der Waals surface area contributed by atoms with Crippen LogP contribution in [0.25, 0.3) is 77.2 Å². The molecule has 0 saturated carbocycles. The first-order valence-electron chi connectivity index (χ1n) is 17.0. The van der Waals surface area contributed by atoms with Gasteiger partial charge in [0.05, 0.1) is 67.8 Å². The Balaban J connectivity index is 1.22. The summed E-state index contributed by atoms with van der Waals surface area (Å²) in [4.78, 5) is 0. The molecule has 0 aliphatic carbocycles. The summed E-state index contributed by atoms with van der Waals surface area (Å²) in [5.41, 5.74) is 7.30. The molecule has 0 saturated heterocycles. The maximum Gasteiger partial charge on any atom is 0.416 e. The molecular weight excluding hydrogens is 680 g/mol. The number of para-hydroxylation sites is 3. The van der Waals surface area contributed by atoms with Gasteiger partial charge in [0.1, 0.15) is 6.07 Å². The number of hydrogen-bond acceptors (Lipinski definition) is 3. The lowest BCUT2D eigenvalue weighted by molar-refractivity contribution is -0.137. The highest BCUT2D eigenvalue weighted by Gasteiger charge is 2.31. The summed E-state index contributed by atoms with van der Waals surface area (Å²) >= 11 is 0. The SMILES string of the molecule is N#Cc1ccc(-n2c3ccccc3c3cc(-c4ccc(-n5c6ccccc6c6ccccc65)c(C#N)c4)ccc32)c(-c2ccc(C(F)(F)F)cc2C#N)c1. The number of aromatic nitrogens is 2. The van der Waals surface area contributed by atoms with Crippen molar-refractivity contribution in [2.75, 3.05) is 0 Å². The van der Waals surface area contributed by atoms with Gasteiger partial charge in [-0.15, -0.1) is 0 Å². The first-order valence-corrected chi connectivity index (χ1v) is 17.0. The van der Waals surface area contributed by atoms with Crippen molar-refractivity contribution >= 4 is 43.6 Å². The highest BCUT2D eigenvalue weighted by atomic mass is 19.4. The summed E-state index contributed by atoms with van der Waals surface area (Å²) in [6, 6.07) is 50.7. The standard InChI is InChI=1S/C46H24F3N5/c47-46(48,49)33-16-17-34(31(23-33)26-51)38-21-28(25-50)13-18-44(38)54-43-12-6-3-9-37(43)39-24-30(15-20-45(39)54)29-14-19-40(32(22-29)27-52)53-41-10-4-1-7-35(41)36-8-2-5-11-42(36)53/h1-24H. The van der Waals surface area contributed by atoms with E-state index < -0.39 is 11.7 Å². The summed E-state index contributed by atoms with van der Waals surface area (Å²) in [6.45, 7) is 0. The Hall–Kier alpha value is -7.60. The lowest BCUT2D eigenvalue weighted by Gasteiger charge is -2.16. The molecule has 2 aromatic heterocycles. The van der Waals surface area contributed by atoms with Crippen molar-refractivity contribution in [3.05, 3.63) is 168 Å². The summed E-state index contributed by atoms with van der Waals surface area (Å²) in [7, 11) is 0. The molecule has 54 heavy (non-hydrogen) atoms. The van der Waals surface area contributed by atoms with Crippen molar-refractivity contribution in [3.63, 3.8) is 0 Å². The number of alkyl halides is 3. The predicted octanol–water partition coefficient (Wildman–Crippen LogP) is 11.8. The van der Waals surface area contributed by atoms with E-state index in [4.69, 9.17) is 0 Å². The zero-order valence-electron chi connectivity index (χ0n) is 28.2. The maximum atomic E-state index is 13.6. The Morgan fingerprint density at radius 1 is 0.426 bits per heavy atom. The van der Waals surface area contributed by atoms with Crippen molar-refractivity contribution in [1.82, 2.24) is 9.13 Å². The lowest BCUT2D eigenvalue weighted by atomic mass is 9.95. The van der Waals surface area contributed by atoms with Gasteiger partial charge in [-0.25, -0.2) is 0 Å². The molecule has 0 spiro atoms. The van der Waals surface area contributed by atoms with Gasteiger partial charge in [-0.2, -0.15) is 29.0 Å². The van der Waals surface area contributed by atoms with Crippen LogP contribution in [-0.2, 0) is 6.18 Å². The van der Waals surface area contributed by atoms with E-state index in [9.17, 15) is 29.0 Å². The first-order chi connectivity index (χ1) is 26.3. The summed E-state index contributed by atoms with van der Waals surface area (Å²) < 4.78 is 45.0. The van der Waals surface area contributed by atoms with Gasteiger partial charge in [0, 0.05) is 32.7 Å². The number of hydrogen-bond donors (Lipinski definition) is 0. The Kier molecular flexibility index (Phi) is 7.34. The molecule has 0 N–H and O–H groups in total. The van der Waals surface area contributed by atoms with Gasteiger partial charge in [-0.05, 0) is 83.9 Å². The van der Waals surface area contributed by atoms with Crippen LogP contribution in [0.15, 0.2) is 146 Å². The molecule has 0 radical (unpaired) electrons. The van der Waals surface area contributed by atoms with Gasteiger partial charge in [0.15, 0.2) is 0 Å². The minimum atomic E-state index is -4.62. The fourth-order valence-corrected chi connectivity index (χ4v) is 7.66. The first kappa shape index (κ1) is 32.3. The summed E-state index contributed by atoms with van der Waals surface area (Å²) in [5, 5.41) is 34.3. The van der Waals surface area contributed by atoms with Crippen LogP contribution in [0.5, 0.6) is 0 Å². The van der Waals surface area contributed by atoms with Gasteiger partial charge in [0.25, 0.3) is 0 Å². The normalized spacial score (nSPS) is 11.6. The second-order valence-electron chi connectivity index (χ2n) is 13.0. The molecule has 7 aromatic carbocycles. The van der Waals surface area contributed by atoms with Crippen molar-refractivity contribution in [3.8, 4) is 51.8 Å². The number of halogens is 3. The van der Waals surface area contributed by atoms with Crippen LogP contribution in [0.4, 0.5) is 13.2 Å². The second-order valence-corrected chi connectivity index (χ2v) is 13.0. The van der Waals surface area contributed by atoms with Crippen molar-refractivity contribution in [1.29, 1.82) is 15.8 Å². The van der Waals surface area contributed by atoms with Gasteiger partial charge in [-0.1, -0.05) is 72.8 Å². The summed E-state index contributed by atoms with van der Waals surface area (Å²) in [5.74, 6) is 0. The van der Waals surface area contributed by atoms with Crippen molar-refractivity contribution in [2.24, 2.45) is 0 Å². The highest BCUT2D eigenvalue weighted by Crippen LogP contribution is 2.41. The fourth-order valence-electron chi connectivity index (χ4n) is 7.66. The molecular formula is C46H24F3N5. The molecule has 0 aliphatic heterocycles. The Bertz CT molecular complexity index is 3090. The monoisotopic (exact) mass is 703 g/mol. The fraction of sp³-hybridized carbons (Fsp3) is 0.0217. The molecule has 9 rings (SSSR count). The third-order valence-electron chi connectivity index (χ3n) is 10.1. The Morgan fingerprint density at radius 3 is 1.57 bits per heavy atom. The number of rotatable bonds is 4. The van der Waals surface area contributed by atoms with E-state index in [1.807, 2.05) is 89.5 Å². The number of nitrogens with zero attached hydrogens (tertiary/aromatic N) is 5. The van der Waals surface area contributed by atoms with Crippen LogP contribution in [-0.4, -0.2) is 9.13 Å². The van der Waals surface area contributed by atoms with E-state index in [1.165, 1.54) is 6.07 Å². The number of benzene rings is 7. The molecule has 0 unspecified atom stereocenters. The van der Waals surface area contributed by atoms with Gasteiger partial charge in [-0.3, -0.25) is 0 Å². The van der Waals surface area contributed by atoms with Crippen molar-refractivity contribution < 1.29 is 13.2 Å². The summed E-state index contributed by atoms with van der Waals surface area (Å²) in [6.07, 6.45) is -4.62. The van der Waals surface area contributed by atoms with Gasteiger partial charge >= 0.3 is 6.18 Å². The molecule has 5 nitrogen and oxygen atoms in total. The zero-order valence-corrected chi connectivity index (χ0v) is 28.2. The third kappa shape index (κ3) is 4.99. The predicted molar refractivity (Wildman–Crippen MR) is 205 cm³/mol. The van der Waals surface area contributed by atoms with Crippen LogP contribution < -0.4 is 0 Å². The van der Waals surface area contributed by atoms with Crippen LogP contribution in [0.2, 0.25) is 0 Å². The number of fused-ring (bicyclic) bond motifs is 6. The molecule has 0 fully saturated rings. The largest absolute Gasteiger partial charge is 0.416 e. The van der Waals surface area contributed by atoms with E-state index in [0.717, 1.165) is 72.6 Å². The van der Waals surface area contributed by atoms with E-state index in [0.29, 0.717) is 22.4 Å². The van der Waals surface area contributed by atoms with Crippen LogP contribution in [0.1, 0.15) is 22.3 Å². The molecule has 0 atom stereocenters. The average Bonchev–Trinajstić information content (AvgIpc) is 3.72. The second kappa shape index (κ2) is 12.3. The van der Waals surface area contributed by atoms with Crippen LogP contribution in [0, 0.1) is 34.0 Å². The maximum absolute atomic E-state index is 13.6. The van der Waals surface area contributed by atoms with Crippen molar-refractivity contribution in [2.45, 2.75) is 6.18 Å². The van der Waals surface area contributed by atoms with Crippen LogP contribution in [0.3, 0.4) is 0 Å². The minimum absolute atomic E-state index is 0.151. The molecule has 0 bridgehead atoms. The van der Waals surface area contributed by atoms with E-state index in [2.05, 4.69) is 47.0 Å². The Labute approximate surface area is 306 Å². The molecule has 0 amide bonds. The lowest BCUT2D eigenvalue weighted by Crippen LogP contribution is -2.06. The van der Waals surface area contributed by atoms with Crippen LogP contribution >= 0.6 is 0 Å². The molecule has 254 valence electrons. The van der Waals surface area contributed by atoms with E-state index in [-0.39, 0.29) is 11.1 Å². The van der Waals surface area contributed by atoms with Gasteiger partial charge < -0.3 is 9.13 Å². The minimum Gasteiger partial charge on any atom is -0.309 e. The molecule has 2 heterocycles.